The summed E-state index contributed by atoms with van der Waals surface area (Å²) < 4.78 is 11.0. The van der Waals surface area contributed by atoms with Crippen molar-refractivity contribution in [3.8, 4) is 5.75 Å². The maximum Gasteiger partial charge on any atom is 0.142 e. The summed E-state index contributed by atoms with van der Waals surface area (Å²) in [5.41, 5.74) is 1.12. The van der Waals surface area contributed by atoms with Crippen LogP contribution in [0, 0.1) is 0 Å². The Morgan fingerprint density at radius 2 is 2.24 bits per heavy atom. The van der Waals surface area contributed by atoms with Gasteiger partial charge in [0.05, 0.1) is 31.5 Å². The quantitative estimate of drug-likeness (QED) is 0.783. The van der Waals surface area contributed by atoms with Gasteiger partial charge in [-0.1, -0.05) is 12.1 Å². The zero-order valence-electron chi connectivity index (χ0n) is 10.1. The highest BCUT2D eigenvalue weighted by atomic mass is 16.5. The van der Waals surface area contributed by atoms with E-state index in [1.54, 1.807) is 0 Å². The van der Waals surface area contributed by atoms with E-state index in [0.717, 1.165) is 18.0 Å². The summed E-state index contributed by atoms with van der Waals surface area (Å²) in [6, 6.07) is 8.40. The Labute approximate surface area is 102 Å². The zero-order chi connectivity index (χ0) is 12.1. The first kappa shape index (κ1) is 12.2. The Balaban J connectivity index is 2.00. The Bertz CT molecular complexity index is 356. The fraction of sp³-hybridized carbons (Fsp3) is 0.538. The molecule has 0 unspecified atom stereocenters. The van der Waals surface area contributed by atoms with E-state index in [0.29, 0.717) is 25.9 Å². The lowest BCUT2D eigenvalue weighted by Gasteiger charge is -2.36. The molecule has 1 aromatic carbocycles. The van der Waals surface area contributed by atoms with Crippen LogP contribution in [0.3, 0.4) is 0 Å². The maximum absolute atomic E-state index is 8.65. The zero-order valence-corrected chi connectivity index (χ0v) is 10.1. The van der Waals surface area contributed by atoms with E-state index in [4.69, 9.17) is 14.6 Å². The molecule has 0 amide bonds. The second-order valence-electron chi connectivity index (χ2n) is 4.16. The topological polar surface area (TPSA) is 41.9 Å². The van der Waals surface area contributed by atoms with Gasteiger partial charge in [0, 0.05) is 6.54 Å². The number of hydrogen-bond donors (Lipinski definition) is 1. The van der Waals surface area contributed by atoms with E-state index < -0.39 is 0 Å². The third-order valence-electron chi connectivity index (χ3n) is 2.90. The van der Waals surface area contributed by atoms with Crippen molar-refractivity contribution in [2.75, 3.05) is 37.9 Å². The summed E-state index contributed by atoms with van der Waals surface area (Å²) in [5, 5.41) is 8.65. The van der Waals surface area contributed by atoms with Crippen molar-refractivity contribution in [3.63, 3.8) is 0 Å². The van der Waals surface area contributed by atoms with Crippen LogP contribution in [-0.2, 0) is 4.74 Å². The summed E-state index contributed by atoms with van der Waals surface area (Å²) in [7, 11) is 0. The first-order valence-corrected chi connectivity index (χ1v) is 6.00. The molecule has 2 rings (SSSR count). The Hall–Kier alpha value is -1.26. The lowest BCUT2D eigenvalue weighted by molar-refractivity contribution is 0.0947. The lowest BCUT2D eigenvalue weighted by atomic mass is 10.2. The summed E-state index contributed by atoms with van der Waals surface area (Å²) >= 11 is 0. The molecule has 17 heavy (non-hydrogen) atoms. The van der Waals surface area contributed by atoms with Crippen LogP contribution >= 0.6 is 0 Å². The molecule has 1 atom stereocenters. The fourth-order valence-electron chi connectivity index (χ4n) is 2.02. The first-order chi connectivity index (χ1) is 8.33. The molecule has 1 aliphatic heterocycles. The number of nitrogens with zero attached hydrogens (tertiary/aromatic N) is 1. The van der Waals surface area contributed by atoms with Gasteiger partial charge in [0.1, 0.15) is 12.4 Å². The molecule has 0 bridgehead atoms. The van der Waals surface area contributed by atoms with Crippen LogP contribution in [0.15, 0.2) is 24.3 Å². The van der Waals surface area contributed by atoms with Crippen LogP contribution in [0.2, 0.25) is 0 Å². The molecular weight excluding hydrogens is 218 g/mol. The fourth-order valence-corrected chi connectivity index (χ4v) is 2.02. The molecule has 0 aliphatic carbocycles. The highest BCUT2D eigenvalue weighted by molar-refractivity contribution is 5.60. The van der Waals surface area contributed by atoms with Crippen LogP contribution in [-0.4, -0.2) is 44.1 Å². The minimum Gasteiger partial charge on any atom is -0.489 e. The molecule has 0 saturated carbocycles. The van der Waals surface area contributed by atoms with Crippen LogP contribution in [0.1, 0.15) is 6.92 Å². The summed E-state index contributed by atoms with van der Waals surface area (Å²) in [5.74, 6) is 0.938. The molecule has 1 aromatic rings. The minimum absolute atomic E-state index is 0.0786. The van der Waals surface area contributed by atoms with Crippen molar-refractivity contribution in [2.24, 2.45) is 0 Å². The predicted octanol–water partition coefficient (Wildman–Crippen LogP) is 1.28. The molecule has 0 fully saturated rings. The molecule has 1 heterocycles. The molecule has 0 radical (unpaired) electrons. The van der Waals surface area contributed by atoms with Crippen LogP contribution in [0.5, 0.6) is 5.75 Å². The summed E-state index contributed by atoms with van der Waals surface area (Å²) in [6.07, 6.45) is 0. The van der Waals surface area contributed by atoms with Crippen LogP contribution < -0.4 is 9.64 Å². The third kappa shape index (κ3) is 2.90. The van der Waals surface area contributed by atoms with Crippen molar-refractivity contribution in [1.29, 1.82) is 0 Å². The number of aliphatic hydroxyl groups excluding tert-OH is 1. The largest absolute Gasteiger partial charge is 0.489 e. The van der Waals surface area contributed by atoms with Gasteiger partial charge in [0.15, 0.2) is 0 Å². The molecule has 0 spiro atoms. The van der Waals surface area contributed by atoms with Crippen LogP contribution in [0.4, 0.5) is 5.69 Å². The Morgan fingerprint density at radius 3 is 3.06 bits per heavy atom. The van der Waals surface area contributed by atoms with E-state index in [2.05, 4.69) is 17.9 Å². The van der Waals surface area contributed by atoms with E-state index >= 15 is 0 Å². The molecule has 0 saturated heterocycles. The van der Waals surface area contributed by atoms with Crippen molar-refractivity contribution >= 4 is 5.69 Å². The average Bonchev–Trinajstić information content (AvgIpc) is 2.37. The van der Waals surface area contributed by atoms with Gasteiger partial charge in [-0.05, 0) is 19.1 Å². The van der Waals surface area contributed by atoms with Gasteiger partial charge in [-0.15, -0.1) is 0 Å². The normalized spacial score (nSPS) is 18.7. The molecule has 1 N–H and O–H groups in total. The number of rotatable bonds is 5. The van der Waals surface area contributed by atoms with E-state index in [9.17, 15) is 0 Å². The number of aliphatic hydroxyl groups is 1. The highest BCUT2D eigenvalue weighted by Gasteiger charge is 2.23. The maximum atomic E-state index is 8.65. The standard InChI is InChI=1S/C13H19NO3/c1-11-10-17-13-5-3-2-4-12(13)14(11)6-8-16-9-7-15/h2-5,11,15H,6-10H2,1H3/t11-/m0/s1. The van der Waals surface area contributed by atoms with Crippen molar-refractivity contribution in [2.45, 2.75) is 13.0 Å². The van der Waals surface area contributed by atoms with E-state index in [1.165, 1.54) is 0 Å². The smallest absolute Gasteiger partial charge is 0.142 e. The number of fused-ring (bicyclic) bond motifs is 1. The van der Waals surface area contributed by atoms with Gasteiger partial charge in [-0.25, -0.2) is 0 Å². The molecule has 4 nitrogen and oxygen atoms in total. The summed E-state index contributed by atoms with van der Waals surface area (Å²) in [6.45, 7) is 4.77. The third-order valence-corrected chi connectivity index (χ3v) is 2.90. The van der Waals surface area contributed by atoms with Crippen molar-refractivity contribution in [3.05, 3.63) is 24.3 Å². The second kappa shape index (κ2) is 5.89. The van der Waals surface area contributed by atoms with E-state index in [1.807, 2.05) is 18.2 Å². The van der Waals surface area contributed by atoms with Gasteiger partial charge in [-0.2, -0.15) is 0 Å². The SMILES string of the molecule is C[C@H]1COc2ccccc2N1CCOCCO. The lowest BCUT2D eigenvalue weighted by Crippen LogP contribution is -2.42. The Morgan fingerprint density at radius 1 is 1.41 bits per heavy atom. The van der Waals surface area contributed by atoms with Crippen LogP contribution in [0.25, 0.3) is 0 Å². The van der Waals surface area contributed by atoms with Crippen molar-refractivity contribution in [1.82, 2.24) is 0 Å². The average molecular weight is 237 g/mol. The number of ether oxygens (including phenoxy) is 2. The molecular formula is C13H19NO3. The molecule has 94 valence electrons. The van der Waals surface area contributed by atoms with Gasteiger partial charge in [-0.3, -0.25) is 0 Å². The monoisotopic (exact) mass is 237 g/mol. The summed E-state index contributed by atoms with van der Waals surface area (Å²) in [4.78, 5) is 2.29. The number of benzene rings is 1. The highest BCUT2D eigenvalue weighted by Crippen LogP contribution is 2.32. The number of hydrogen-bond acceptors (Lipinski definition) is 4. The molecule has 4 heteroatoms. The van der Waals surface area contributed by atoms with Gasteiger partial charge in [0.2, 0.25) is 0 Å². The molecule has 0 aromatic heterocycles. The number of anilines is 1. The minimum atomic E-state index is 0.0786. The predicted molar refractivity (Wildman–Crippen MR) is 66.6 cm³/mol. The van der Waals surface area contributed by atoms with Gasteiger partial charge >= 0.3 is 0 Å². The van der Waals surface area contributed by atoms with Gasteiger partial charge < -0.3 is 19.5 Å². The number of para-hydroxylation sites is 2. The first-order valence-electron chi connectivity index (χ1n) is 6.00. The van der Waals surface area contributed by atoms with Gasteiger partial charge in [0.25, 0.3) is 0 Å². The molecule has 1 aliphatic rings. The van der Waals surface area contributed by atoms with Crippen molar-refractivity contribution < 1.29 is 14.6 Å². The Kier molecular flexibility index (Phi) is 4.23. The second-order valence-corrected chi connectivity index (χ2v) is 4.16. The van der Waals surface area contributed by atoms with E-state index in [-0.39, 0.29) is 6.61 Å².